The van der Waals surface area contributed by atoms with Gasteiger partial charge in [0.1, 0.15) is 0 Å². The maximum absolute atomic E-state index is 12.1. The van der Waals surface area contributed by atoms with Gasteiger partial charge in [0.15, 0.2) is 0 Å². The monoisotopic (exact) mass is 296 g/mol. The highest BCUT2D eigenvalue weighted by Gasteiger charge is 2.13. The van der Waals surface area contributed by atoms with E-state index in [0.29, 0.717) is 6.54 Å². The van der Waals surface area contributed by atoms with Gasteiger partial charge in [-0.05, 0) is 44.3 Å². The van der Waals surface area contributed by atoms with E-state index in [1.807, 2.05) is 18.4 Å². The third kappa shape index (κ3) is 6.53. The van der Waals surface area contributed by atoms with Gasteiger partial charge < -0.3 is 5.32 Å². The van der Waals surface area contributed by atoms with Crippen LogP contribution in [0.15, 0.2) is 17.5 Å². The van der Waals surface area contributed by atoms with Gasteiger partial charge in [-0.15, -0.1) is 11.3 Å². The molecule has 0 aliphatic carbocycles. The van der Waals surface area contributed by atoms with Crippen LogP contribution in [-0.4, -0.2) is 30.4 Å². The molecule has 0 spiro atoms. The van der Waals surface area contributed by atoms with E-state index in [-0.39, 0.29) is 11.9 Å². The molecule has 1 unspecified atom stereocenters. The van der Waals surface area contributed by atoms with Crippen LogP contribution in [0.5, 0.6) is 0 Å². The van der Waals surface area contributed by atoms with Crippen LogP contribution in [0.4, 0.5) is 0 Å². The molecule has 1 amide bonds. The van der Waals surface area contributed by atoms with Gasteiger partial charge in [0.25, 0.3) is 0 Å². The predicted molar refractivity (Wildman–Crippen MR) is 87.1 cm³/mol. The van der Waals surface area contributed by atoms with E-state index >= 15 is 0 Å². The average molecular weight is 296 g/mol. The maximum atomic E-state index is 12.1. The first-order valence-electron chi connectivity index (χ1n) is 7.72. The molecule has 4 heteroatoms. The molecule has 3 nitrogen and oxygen atoms in total. The third-order valence-electron chi connectivity index (χ3n) is 3.37. The van der Waals surface area contributed by atoms with Gasteiger partial charge in [0.05, 0.1) is 12.6 Å². The van der Waals surface area contributed by atoms with Gasteiger partial charge in [0.2, 0.25) is 5.91 Å². The van der Waals surface area contributed by atoms with E-state index in [0.717, 1.165) is 25.9 Å². The molecule has 0 saturated carbocycles. The van der Waals surface area contributed by atoms with Crippen LogP contribution in [-0.2, 0) is 4.79 Å². The molecule has 0 bridgehead atoms. The van der Waals surface area contributed by atoms with Gasteiger partial charge >= 0.3 is 0 Å². The molecule has 1 atom stereocenters. The minimum absolute atomic E-state index is 0.113. The van der Waals surface area contributed by atoms with Crippen LogP contribution in [0.1, 0.15) is 57.4 Å². The third-order valence-corrected chi connectivity index (χ3v) is 4.43. The van der Waals surface area contributed by atoms with Crippen LogP contribution >= 0.6 is 11.3 Å². The van der Waals surface area contributed by atoms with Gasteiger partial charge in [-0.3, -0.25) is 9.69 Å². The van der Waals surface area contributed by atoms with Crippen LogP contribution in [0.25, 0.3) is 0 Å². The summed E-state index contributed by atoms with van der Waals surface area (Å²) in [7, 11) is 0. The molecular weight excluding hydrogens is 268 g/mol. The number of rotatable bonds is 10. The molecule has 0 aromatic carbocycles. The first kappa shape index (κ1) is 17.2. The predicted octanol–water partition coefficient (Wildman–Crippen LogP) is 3.83. The van der Waals surface area contributed by atoms with E-state index < -0.39 is 0 Å². The summed E-state index contributed by atoms with van der Waals surface area (Å²) in [6, 6.07) is 4.21. The first-order valence-corrected chi connectivity index (χ1v) is 8.60. The van der Waals surface area contributed by atoms with Gasteiger partial charge in [-0.1, -0.05) is 32.8 Å². The lowest BCUT2D eigenvalue weighted by Crippen LogP contribution is -2.39. The van der Waals surface area contributed by atoms with Gasteiger partial charge in [0, 0.05) is 4.88 Å². The number of amides is 1. The summed E-state index contributed by atoms with van der Waals surface area (Å²) in [5, 5.41) is 5.14. The molecule has 1 heterocycles. The van der Waals surface area contributed by atoms with E-state index in [1.54, 1.807) is 11.3 Å². The SMILES string of the molecule is CCCCN(CCCC)CC(=O)NC(C)c1cccs1. The lowest BCUT2D eigenvalue weighted by molar-refractivity contribution is -0.122. The highest BCUT2D eigenvalue weighted by molar-refractivity contribution is 7.10. The fourth-order valence-corrected chi connectivity index (χ4v) is 2.87. The van der Waals surface area contributed by atoms with Crippen molar-refractivity contribution in [3.63, 3.8) is 0 Å². The number of hydrogen-bond acceptors (Lipinski definition) is 3. The summed E-state index contributed by atoms with van der Waals surface area (Å²) in [6.07, 6.45) is 4.68. The number of carbonyl (C=O) groups is 1. The average Bonchev–Trinajstić information content (AvgIpc) is 2.95. The topological polar surface area (TPSA) is 32.3 Å². The molecule has 1 aromatic rings. The molecule has 114 valence electrons. The van der Waals surface area contributed by atoms with Gasteiger partial charge in [-0.2, -0.15) is 0 Å². The lowest BCUT2D eigenvalue weighted by Gasteiger charge is -2.22. The van der Waals surface area contributed by atoms with Crippen molar-refractivity contribution in [2.24, 2.45) is 0 Å². The largest absolute Gasteiger partial charge is 0.348 e. The zero-order chi connectivity index (χ0) is 14.8. The minimum atomic E-state index is 0.113. The Labute approximate surface area is 127 Å². The molecule has 0 saturated heterocycles. The van der Waals surface area contributed by atoms with Crippen molar-refractivity contribution in [2.45, 2.75) is 52.5 Å². The van der Waals surface area contributed by atoms with E-state index in [9.17, 15) is 4.79 Å². The highest BCUT2D eigenvalue weighted by atomic mass is 32.1. The summed E-state index contributed by atoms with van der Waals surface area (Å²) in [5.74, 6) is 0.137. The van der Waals surface area contributed by atoms with Crippen molar-refractivity contribution in [1.82, 2.24) is 10.2 Å². The Kier molecular flexibility index (Phi) is 8.54. The van der Waals surface area contributed by atoms with Crippen LogP contribution < -0.4 is 5.32 Å². The molecule has 0 fully saturated rings. The van der Waals surface area contributed by atoms with Crippen molar-refractivity contribution in [1.29, 1.82) is 0 Å². The Morgan fingerprint density at radius 3 is 2.45 bits per heavy atom. The zero-order valence-corrected chi connectivity index (χ0v) is 13.8. The smallest absolute Gasteiger partial charge is 0.234 e. The Morgan fingerprint density at radius 2 is 1.95 bits per heavy atom. The second kappa shape index (κ2) is 9.94. The maximum Gasteiger partial charge on any atom is 0.234 e. The molecule has 1 N–H and O–H groups in total. The number of unbranched alkanes of at least 4 members (excludes halogenated alkanes) is 2. The molecule has 0 aliphatic heterocycles. The Bertz CT molecular complexity index is 357. The standard InChI is InChI=1S/C16H28N2OS/c1-4-6-10-18(11-7-5-2)13-16(19)17-14(3)15-9-8-12-20-15/h8-9,12,14H,4-7,10-11,13H2,1-3H3,(H,17,19). The van der Waals surface area contributed by atoms with Crippen molar-refractivity contribution in [3.05, 3.63) is 22.4 Å². The van der Waals surface area contributed by atoms with Crippen molar-refractivity contribution in [3.8, 4) is 0 Å². The van der Waals surface area contributed by atoms with Crippen LogP contribution in [0, 0.1) is 0 Å². The fourth-order valence-electron chi connectivity index (χ4n) is 2.13. The van der Waals surface area contributed by atoms with Crippen LogP contribution in [0.3, 0.4) is 0 Å². The Balaban J connectivity index is 2.39. The molecule has 0 aliphatic rings. The van der Waals surface area contributed by atoms with Gasteiger partial charge in [-0.25, -0.2) is 0 Å². The number of thiophene rings is 1. The second-order valence-electron chi connectivity index (χ2n) is 5.29. The number of hydrogen-bond donors (Lipinski definition) is 1. The Morgan fingerprint density at radius 1 is 1.30 bits per heavy atom. The van der Waals surface area contributed by atoms with E-state index in [2.05, 4.69) is 30.1 Å². The molecule has 1 aromatic heterocycles. The summed E-state index contributed by atoms with van der Waals surface area (Å²) in [4.78, 5) is 15.6. The van der Waals surface area contributed by atoms with Crippen LogP contribution in [0.2, 0.25) is 0 Å². The summed E-state index contributed by atoms with van der Waals surface area (Å²) >= 11 is 1.69. The molecular formula is C16H28N2OS. The van der Waals surface area contributed by atoms with E-state index in [4.69, 9.17) is 0 Å². The summed E-state index contributed by atoms with van der Waals surface area (Å²) in [6.45, 7) is 9.00. The number of carbonyl (C=O) groups excluding carboxylic acids is 1. The summed E-state index contributed by atoms with van der Waals surface area (Å²) in [5.41, 5.74) is 0. The highest BCUT2D eigenvalue weighted by Crippen LogP contribution is 2.17. The van der Waals surface area contributed by atoms with E-state index in [1.165, 1.54) is 17.7 Å². The molecule has 0 radical (unpaired) electrons. The molecule has 20 heavy (non-hydrogen) atoms. The molecule has 1 rings (SSSR count). The number of nitrogens with one attached hydrogen (secondary N) is 1. The van der Waals surface area contributed by atoms with Crippen molar-refractivity contribution in [2.75, 3.05) is 19.6 Å². The summed E-state index contributed by atoms with van der Waals surface area (Å²) < 4.78 is 0. The lowest BCUT2D eigenvalue weighted by atomic mass is 10.2. The van der Waals surface area contributed by atoms with Crippen molar-refractivity contribution < 1.29 is 4.79 Å². The fraction of sp³-hybridized carbons (Fsp3) is 0.688. The number of nitrogens with zero attached hydrogens (tertiary/aromatic N) is 1. The first-order chi connectivity index (χ1) is 9.67. The van der Waals surface area contributed by atoms with Crippen molar-refractivity contribution >= 4 is 17.2 Å². The Hall–Kier alpha value is -0.870. The minimum Gasteiger partial charge on any atom is -0.348 e. The normalized spacial score (nSPS) is 12.6. The zero-order valence-electron chi connectivity index (χ0n) is 13.0. The quantitative estimate of drug-likeness (QED) is 0.711. The second-order valence-corrected chi connectivity index (χ2v) is 6.27.